The Morgan fingerprint density at radius 3 is 2.78 bits per heavy atom. The second-order valence-corrected chi connectivity index (χ2v) is 4.83. The number of piperidine rings is 1. The number of amides is 1. The fourth-order valence-corrected chi connectivity index (χ4v) is 2.45. The van der Waals surface area contributed by atoms with Crippen LogP contribution in [-0.4, -0.2) is 29.4 Å². The summed E-state index contributed by atoms with van der Waals surface area (Å²) in [6.45, 7) is 4.59. The monoisotopic (exact) mass is 272 g/mol. The van der Waals surface area contributed by atoms with Gasteiger partial charge < -0.3 is 15.1 Å². The lowest BCUT2D eigenvalue weighted by Crippen LogP contribution is -2.51. The maximum absolute atomic E-state index is 12.3. The van der Waals surface area contributed by atoms with Gasteiger partial charge in [-0.3, -0.25) is 4.79 Å². The van der Waals surface area contributed by atoms with Gasteiger partial charge in [0.2, 0.25) is 0 Å². The molecular weight excluding hydrogens is 252 g/mol. The van der Waals surface area contributed by atoms with Gasteiger partial charge in [0, 0.05) is 18.6 Å². The molecule has 2 atom stereocenters. The van der Waals surface area contributed by atoms with E-state index in [-0.39, 0.29) is 30.4 Å². The van der Waals surface area contributed by atoms with E-state index in [2.05, 4.69) is 0 Å². The molecule has 2 heterocycles. The van der Waals surface area contributed by atoms with Gasteiger partial charge in [-0.15, -0.1) is 12.4 Å². The first-order valence-corrected chi connectivity index (χ1v) is 6.22. The number of aryl methyl sites for hydroxylation is 1. The van der Waals surface area contributed by atoms with E-state index in [1.807, 2.05) is 24.8 Å². The molecule has 2 rings (SSSR count). The fourth-order valence-electron chi connectivity index (χ4n) is 2.45. The van der Waals surface area contributed by atoms with Crippen LogP contribution in [0.3, 0.4) is 0 Å². The molecule has 0 aromatic carbocycles. The van der Waals surface area contributed by atoms with E-state index < -0.39 is 0 Å². The summed E-state index contributed by atoms with van der Waals surface area (Å²) in [6.07, 6.45) is 3.19. The predicted octanol–water partition coefficient (Wildman–Crippen LogP) is 2.35. The van der Waals surface area contributed by atoms with Crippen molar-refractivity contribution in [1.82, 2.24) is 4.90 Å². The molecule has 0 radical (unpaired) electrons. The van der Waals surface area contributed by atoms with Crippen molar-refractivity contribution in [3.05, 3.63) is 23.7 Å². The van der Waals surface area contributed by atoms with Crippen molar-refractivity contribution in [3.63, 3.8) is 0 Å². The first kappa shape index (κ1) is 15.1. The summed E-state index contributed by atoms with van der Waals surface area (Å²) in [5.74, 6) is 1.16. The standard InChI is InChI=1S/C13H20N2O2.ClH/c1-9-6-7-12(17-9)13(16)15-8-4-3-5-11(15)10(2)14;/h6-7,10-11H,3-5,8,14H2,1-2H3;1H. The number of nitrogens with zero attached hydrogens (tertiary/aromatic N) is 1. The molecule has 0 saturated carbocycles. The van der Waals surface area contributed by atoms with E-state index in [1.165, 1.54) is 0 Å². The van der Waals surface area contributed by atoms with Crippen LogP contribution < -0.4 is 5.73 Å². The van der Waals surface area contributed by atoms with Crippen LogP contribution in [0.4, 0.5) is 0 Å². The van der Waals surface area contributed by atoms with Crippen LogP contribution in [0, 0.1) is 6.92 Å². The average Bonchev–Trinajstić information content (AvgIpc) is 2.75. The number of rotatable bonds is 2. The molecule has 1 aliphatic heterocycles. The Hall–Kier alpha value is -1.00. The Morgan fingerprint density at radius 1 is 1.50 bits per heavy atom. The van der Waals surface area contributed by atoms with E-state index >= 15 is 0 Å². The van der Waals surface area contributed by atoms with Crippen LogP contribution in [0.15, 0.2) is 16.5 Å². The van der Waals surface area contributed by atoms with Crippen LogP contribution in [-0.2, 0) is 0 Å². The highest BCUT2D eigenvalue weighted by atomic mass is 35.5. The van der Waals surface area contributed by atoms with E-state index in [1.54, 1.807) is 6.07 Å². The Morgan fingerprint density at radius 2 is 2.22 bits per heavy atom. The average molecular weight is 273 g/mol. The third kappa shape index (κ3) is 3.06. The maximum atomic E-state index is 12.3. The molecule has 1 aromatic heterocycles. The topological polar surface area (TPSA) is 59.5 Å². The van der Waals surface area contributed by atoms with Crippen LogP contribution in [0.2, 0.25) is 0 Å². The van der Waals surface area contributed by atoms with E-state index in [0.717, 1.165) is 31.6 Å². The highest BCUT2D eigenvalue weighted by Gasteiger charge is 2.31. The van der Waals surface area contributed by atoms with Gasteiger partial charge in [-0.2, -0.15) is 0 Å². The van der Waals surface area contributed by atoms with Gasteiger partial charge in [0.25, 0.3) is 5.91 Å². The molecule has 0 spiro atoms. The number of furan rings is 1. The fraction of sp³-hybridized carbons (Fsp3) is 0.615. The highest BCUT2D eigenvalue weighted by molar-refractivity contribution is 5.91. The number of likely N-dealkylation sites (tertiary alicyclic amines) is 1. The third-order valence-electron chi connectivity index (χ3n) is 3.37. The van der Waals surface area contributed by atoms with Crippen LogP contribution in [0.1, 0.15) is 42.5 Å². The third-order valence-corrected chi connectivity index (χ3v) is 3.37. The lowest BCUT2D eigenvalue weighted by atomic mass is 9.96. The van der Waals surface area contributed by atoms with Gasteiger partial charge in [0.15, 0.2) is 5.76 Å². The molecule has 0 bridgehead atoms. The molecule has 18 heavy (non-hydrogen) atoms. The Kier molecular flexibility index (Phi) is 5.23. The summed E-state index contributed by atoms with van der Waals surface area (Å²) < 4.78 is 5.39. The molecule has 1 aliphatic rings. The molecule has 2 unspecified atom stereocenters. The van der Waals surface area contributed by atoms with Gasteiger partial charge >= 0.3 is 0 Å². The number of carbonyl (C=O) groups is 1. The lowest BCUT2D eigenvalue weighted by Gasteiger charge is -2.37. The van der Waals surface area contributed by atoms with Gasteiger partial charge in [-0.25, -0.2) is 0 Å². The van der Waals surface area contributed by atoms with Crippen molar-refractivity contribution in [2.75, 3.05) is 6.54 Å². The molecule has 1 aromatic rings. The Bertz CT molecular complexity index is 403. The predicted molar refractivity (Wildman–Crippen MR) is 73.0 cm³/mol. The van der Waals surface area contributed by atoms with Crippen LogP contribution in [0.5, 0.6) is 0 Å². The first-order chi connectivity index (χ1) is 8.09. The summed E-state index contributed by atoms with van der Waals surface area (Å²) in [7, 11) is 0. The van der Waals surface area contributed by atoms with Crippen LogP contribution in [0.25, 0.3) is 0 Å². The van der Waals surface area contributed by atoms with Crippen molar-refractivity contribution >= 4 is 18.3 Å². The minimum absolute atomic E-state index is 0. The molecule has 1 saturated heterocycles. The summed E-state index contributed by atoms with van der Waals surface area (Å²) in [5, 5.41) is 0. The van der Waals surface area contributed by atoms with Crippen molar-refractivity contribution in [3.8, 4) is 0 Å². The Labute approximate surface area is 114 Å². The molecule has 102 valence electrons. The second-order valence-electron chi connectivity index (χ2n) is 4.83. The van der Waals surface area contributed by atoms with Crippen molar-refractivity contribution in [2.45, 2.75) is 45.2 Å². The van der Waals surface area contributed by atoms with Gasteiger partial charge in [0.1, 0.15) is 5.76 Å². The molecule has 1 amide bonds. The normalized spacial score (nSPS) is 21.3. The van der Waals surface area contributed by atoms with Crippen molar-refractivity contribution < 1.29 is 9.21 Å². The van der Waals surface area contributed by atoms with Gasteiger partial charge in [-0.05, 0) is 45.2 Å². The number of hydrogen-bond acceptors (Lipinski definition) is 3. The number of carbonyl (C=O) groups excluding carboxylic acids is 1. The SMILES string of the molecule is Cc1ccc(C(=O)N2CCCCC2C(C)N)o1.Cl. The van der Waals surface area contributed by atoms with Gasteiger partial charge in [-0.1, -0.05) is 0 Å². The Balaban J connectivity index is 0.00000162. The largest absolute Gasteiger partial charge is 0.456 e. The summed E-state index contributed by atoms with van der Waals surface area (Å²) in [5.41, 5.74) is 5.95. The molecule has 4 nitrogen and oxygen atoms in total. The molecule has 0 aliphatic carbocycles. The van der Waals surface area contributed by atoms with Crippen molar-refractivity contribution in [2.24, 2.45) is 5.73 Å². The van der Waals surface area contributed by atoms with Crippen molar-refractivity contribution in [1.29, 1.82) is 0 Å². The van der Waals surface area contributed by atoms with Crippen LogP contribution >= 0.6 is 12.4 Å². The van der Waals surface area contributed by atoms with E-state index in [4.69, 9.17) is 10.2 Å². The summed E-state index contributed by atoms with van der Waals surface area (Å²) in [6, 6.07) is 3.71. The highest BCUT2D eigenvalue weighted by Crippen LogP contribution is 2.22. The van der Waals surface area contributed by atoms with Gasteiger partial charge in [0.05, 0.1) is 0 Å². The summed E-state index contributed by atoms with van der Waals surface area (Å²) in [4.78, 5) is 14.2. The quantitative estimate of drug-likeness (QED) is 0.899. The van der Waals surface area contributed by atoms with E-state index in [0.29, 0.717) is 5.76 Å². The zero-order valence-corrected chi connectivity index (χ0v) is 11.7. The zero-order chi connectivity index (χ0) is 12.4. The molecule has 5 heteroatoms. The number of halogens is 1. The molecular formula is C13H21ClN2O2. The minimum atomic E-state index is -0.0277. The smallest absolute Gasteiger partial charge is 0.289 e. The summed E-state index contributed by atoms with van der Waals surface area (Å²) >= 11 is 0. The van der Waals surface area contributed by atoms with E-state index in [9.17, 15) is 4.79 Å². The minimum Gasteiger partial charge on any atom is -0.456 e. The molecule has 2 N–H and O–H groups in total. The number of hydrogen-bond donors (Lipinski definition) is 1. The first-order valence-electron chi connectivity index (χ1n) is 6.22. The molecule has 1 fully saturated rings. The maximum Gasteiger partial charge on any atom is 0.289 e. The number of nitrogens with two attached hydrogens (primary N) is 1. The second kappa shape index (κ2) is 6.25. The zero-order valence-electron chi connectivity index (χ0n) is 10.9. The lowest BCUT2D eigenvalue weighted by molar-refractivity contribution is 0.0550.